The monoisotopic (exact) mass is 369 g/mol. The van der Waals surface area contributed by atoms with Crippen LogP contribution in [0.15, 0.2) is 53.3 Å². The van der Waals surface area contributed by atoms with E-state index in [0.29, 0.717) is 16.7 Å². The molecule has 1 saturated heterocycles. The zero-order valence-electron chi connectivity index (χ0n) is 14.4. The maximum absolute atomic E-state index is 6.02. The molecule has 0 unspecified atom stereocenters. The lowest BCUT2D eigenvalue weighted by Crippen LogP contribution is -2.47. The molecule has 1 aromatic carbocycles. The van der Waals surface area contributed by atoms with Gasteiger partial charge >= 0.3 is 0 Å². The van der Waals surface area contributed by atoms with Gasteiger partial charge in [-0.05, 0) is 24.3 Å². The Labute approximate surface area is 157 Å². The quantitative estimate of drug-likeness (QED) is 0.688. The normalized spacial score (nSPS) is 15.3. The van der Waals surface area contributed by atoms with Gasteiger partial charge in [-0.25, -0.2) is 0 Å². The van der Waals surface area contributed by atoms with Gasteiger partial charge in [-0.1, -0.05) is 28.9 Å². The summed E-state index contributed by atoms with van der Waals surface area (Å²) in [6.07, 6.45) is 4.44. The number of hydrogen-bond acceptors (Lipinski definition) is 6. The Kier molecular flexibility index (Phi) is 5.13. The molecule has 6 nitrogen and oxygen atoms in total. The number of nitrogens with zero attached hydrogens (tertiary/aromatic N) is 5. The molecule has 26 heavy (non-hydrogen) atoms. The van der Waals surface area contributed by atoms with E-state index in [1.807, 2.05) is 36.7 Å². The van der Waals surface area contributed by atoms with E-state index in [9.17, 15) is 0 Å². The van der Waals surface area contributed by atoms with E-state index < -0.39 is 0 Å². The number of aromatic nitrogens is 3. The molecule has 1 aliphatic heterocycles. The fraction of sp³-hybridized carbons (Fsp3) is 0.316. The van der Waals surface area contributed by atoms with Crippen molar-refractivity contribution in [2.24, 2.45) is 0 Å². The van der Waals surface area contributed by atoms with E-state index in [2.05, 4.69) is 37.1 Å². The van der Waals surface area contributed by atoms with Crippen molar-refractivity contribution in [1.29, 1.82) is 0 Å². The Bertz CT molecular complexity index is 846. The van der Waals surface area contributed by atoms with Crippen LogP contribution in [0.25, 0.3) is 11.4 Å². The first-order valence-electron chi connectivity index (χ1n) is 8.74. The smallest absolute Gasteiger partial charge is 0.228 e. The van der Waals surface area contributed by atoms with E-state index in [1.165, 1.54) is 5.69 Å². The second-order valence-corrected chi connectivity index (χ2v) is 6.74. The van der Waals surface area contributed by atoms with Crippen molar-refractivity contribution in [3.05, 3.63) is 59.7 Å². The van der Waals surface area contributed by atoms with Gasteiger partial charge in [0.1, 0.15) is 0 Å². The number of piperazine rings is 1. The highest BCUT2D eigenvalue weighted by atomic mass is 35.5. The third kappa shape index (κ3) is 4.03. The van der Waals surface area contributed by atoms with E-state index in [1.54, 1.807) is 0 Å². The van der Waals surface area contributed by atoms with Crippen LogP contribution in [0.5, 0.6) is 0 Å². The lowest BCUT2D eigenvalue weighted by Gasteiger charge is -2.35. The summed E-state index contributed by atoms with van der Waals surface area (Å²) < 4.78 is 5.39. The minimum atomic E-state index is 0.588. The second-order valence-electron chi connectivity index (χ2n) is 6.31. The van der Waals surface area contributed by atoms with Gasteiger partial charge in [-0.2, -0.15) is 4.98 Å². The number of hydrogen-bond donors (Lipinski definition) is 0. The summed E-state index contributed by atoms with van der Waals surface area (Å²) in [6, 6.07) is 11.6. The molecule has 3 aromatic rings. The number of rotatable bonds is 5. The van der Waals surface area contributed by atoms with Crippen molar-refractivity contribution in [3.63, 3.8) is 0 Å². The van der Waals surface area contributed by atoms with Crippen LogP contribution in [0.2, 0.25) is 5.02 Å². The molecule has 7 heteroatoms. The number of pyridine rings is 1. The maximum Gasteiger partial charge on any atom is 0.228 e. The Morgan fingerprint density at radius 2 is 1.85 bits per heavy atom. The van der Waals surface area contributed by atoms with Crippen molar-refractivity contribution >= 4 is 17.3 Å². The third-order valence-electron chi connectivity index (χ3n) is 4.59. The largest absolute Gasteiger partial charge is 0.369 e. The molecule has 1 aliphatic rings. The molecule has 0 radical (unpaired) electrons. The molecule has 0 aliphatic carbocycles. The van der Waals surface area contributed by atoms with Crippen molar-refractivity contribution in [1.82, 2.24) is 20.0 Å². The molecule has 0 spiro atoms. The fourth-order valence-corrected chi connectivity index (χ4v) is 3.33. The van der Waals surface area contributed by atoms with Crippen LogP contribution in [0.4, 0.5) is 5.69 Å². The summed E-state index contributed by atoms with van der Waals surface area (Å²) in [5.41, 5.74) is 2.11. The molecule has 0 saturated carbocycles. The van der Waals surface area contributed by atoms with E-state index in [4.69, 9.17) is 16.1 Å². The van der Waals surface area contributed by atoms with Gasteiger partial charge in [0, 0.05) is 67.8 Å². The summed E-state index contributed by atoms with van der Waals surface area (Å²) >= 11 is 6.02. The SMILES string of the molecule is Clc1cccc(-c2noc(CCN3CCN(c4ccncc4)CC3)n2)c1. The predicted molar refractivity (Wildman–Crippen MR) is 101 cm³/mol. The summed E-state index contributed by atoms with van der Waals surface area (Å²) in [4.78, 5) is 13.4. The molecule has 0 amide bonds. The highest BCUT2D eigenvalue weighted by molar-refractivity contribution is 6.30. The summed E-state index contributed by atoms with van der Waals surface area (Å²) in [7, 11) is 0. The molecule has 0 bridgehead atoms. The Balaban J connectivity index is 1.29. The summed E-state index contributed by atoms with van der Waals surface area (Å²) in [6.45, 7) is 5.00. The summed E-state index contributed by atoms with van der Waals surface area (Å²) in [5.74, 6) is 1.25. The molecular formula is C19H20ClN5O. The highest BCUT2D eigenvalue weighted by Gasteiger charge is 2.18. The van der Waals surface area contributed by atoms with Crippen LogP contribution < -0.4 is 4.90 Å². The van der Waals surface area contributed by atoms with E-state index in [-0.39, 0.29) is 0 Å². The Morgan fingerprint density at radius 3 is 2.62 bits per heavy atom. The maximum atomic E-state index is 6.02. The van der Waals surface area contributed by atoms with Crippen LogP contribution in [0, 0.1) is 0 Å². The molecule has 4 rings (SSSR count). The van der Waals surface area contributed by atoms with Crippen molar-refractivity contribution < 1.29 is 4.52 Å². The molecule has 0 atom stereocenters. The highest BCUT2D eigenvalue weighted by Crippen LogP contribution is 2.20. The lowest BCUT2D eigenvalue weighted by molar-refractivity contribution is 0.249. The first-order chi connectivity index (χ1) is 12.8. The topological polar surface area (TPSA) is 58.3 Å². The van der Waals surface area contributed by atoms with Crippen LogP contribution >= 0.6 is 11.6 Å². The standard InChI is InChI=1S/C19H20ClN5O/c20-16-3-1-2-15(14-16)19-22-18(26-23-19)6-9-24-10-12-25(13-11-24)17-4-7-21-8-5-17/h1-5,7-8,14H,6,9-13H2. The van der Waals surface area contributed by atoms with Crippen LogP contribution in [0.3, 0.4) is 0 Å². The molecular weight excluding hydrogens is 350 g/mol. The number of benzene rings is 1. The second kappa shape index (κ2) is 7.85. The van der Waals surface area contributed by atoms with Gasteiger partial charge in [0.15, 0.2) is 0 Å². The van der Waals surface area contributed by atoms with Crippen LogP contribution in [-0.4, -0.2) is 52.7 Å². The van der Waals surface area contributed by atoms with Crippen LogP contribution in [0.1, 0.15) is 5.89 Å². The minimum Gasteiger partial charge on any atom is -0.369 e. The average Bonchev–Trinajstić information content (AvgIpc) is 3.17. The van der Waals surface area contributed by atoms with E-state index in [0.717, 1.165) is 44.7 Å². The molecule has 0 N–H and O–H groups in total. The fourth-order valence-electron chi connectivity index (χ4n) is 3.14. The summed E-state index contributed by atoms with van der Waals surface area (Å²) in [5, 5.41) is 4.73. The zero-order chi connectivity index (χ0) is 17.8. The van der Waals surface area contributed by atoms with Crippen molar-refractivity contribution in [3.8, 4) is 11.4 Å². The first-order valence-corrected chi connectivity index (χ1v) is 9.11. The first kappa shape index (κ1) is 17.0. The minimum absolute atomic E-state index is 0.588. The average molecular weight is 370 g/mol. The van der Waals surface area contributed by atoms with Crippen molar-refractivity contribution in [2.45, 2.75) is 6.42 Å². The van der Waals surface area contributed by atoms with Gasteiger partial charge < -0.3 is 9.42 Å². The molecule has 134 valence electrons. The lowest BCUT2D eigenvalue weighted by atomic mass is 10.2. The molecule has 1 fully saturated rings. The van der Waals surface area contributed by atoms with Gasteiger partial charge in [0.05, 0.1) is 0 Å². The number of halogens is 1. The third-order valence-corrected chi connectivity index (χ3v) is 4.83. The Hall–Kier alpha value is -2.44. The molecule has 2 aromatic heterocycles. The van der Waals surface area contributed by atoms with Crippen LogP contribution in [-0.2, 0) is 6.42 Å². The van der Waals surface area contributed by atoms with Gasteiger partial charge in [-0.15, -0.1) is 0 Å². The van der Waals surface area contributed by atoms with Gasteiger partial charge in [0.2, 0.25) is 11.7 Å². The van der Waals surface area contributed by atoms with Gasteiger partial charge in [0.25, 0.3) is 0 Å². The van der Waals surface area contributed by atoms with E-state index >= 15 is 0 Å². The molecule has 3 heterocycles. The Morgan fingerprint density at radius 1 is 1.04 bits per heavy atom. The van der Waals surface area contributed by atoms with Crippen molar-refractivity contribution in [2.75, 3.05) is 37.6 Å². The zero-order valence-corrected chi connectivity index (χ0v) is 15.1. The van der Waals surface area contributed by atoms with Gasteiger partial charge in [-0.3, -0.25) is 9.88 Å². The number of anilines is 1. The predicted octanol–water partition coefficient (Wildman–Crippen LogP) is 3.15.